The van der Waals surface area contributed by atoms with Crippen molar-refractivity contribution in [2.75, 3.05) is 18.9 Å². The quantitative estimate of drug-likeness (QED) is 0.858. The molecule has 0 saturated carbocycles. The van der Waals surface area contributed by atoms with Crippen LogP contribution in [0.3, 0.4) is 0 Å². The van der Waals surface area contributed by atoms with Gasteiger partial charge in [0.2, 0.25) is 0 Å². The maximum absolute atomic E-state index is 5.74. The van der Waals surface area contributed by atoms with Crippen LogP contribution in [0, 0.1) is 5.92 Å². The van der Waals surface area contributed by atoms with E-state index >= 15 is 0 Å². The summed E-state index contributed by atoms with van der Waals surface area (Å²) in [6.45, 7) is 1.79. The van der Waals surface area contributed by atoms with E-state index in [0.29, 0.717) is 5.92 Å². The molecule has 90 valence electrons. The van der Waals surface area contributed by atoms with Crippen LogP contribution in [0.4, 0.5) is 5.69 Å². The molecule has 3 rings (SSSR count). The Bertz CT molecular complexity index is 514. The molecule has 0 radical (unpaired) electrons. The fourth-order valence-electron chi connectivity index (χ4n) is 2.41. The summed E-state index contributed by atoms with van der Waals surface area (Å²) in [6.07, 6.45) is 7.46. The number of nitrogen functional groups attached to an aromatic ring is 1. The second-order valence-electron chi connectivity index (χ2n) is 4.75. The van der Waals surface area contributed by atoms with Crippen molar-refractivity contribution in [3.63, 3.8) is 0 Å². The van der Waals surface area contributed by atoms with E-state index < -0.39 is 0 Å². The Morgan fingerprint density at radius 2 is 2.47 bits per heavy atom. The van der Waals surface area contributed by atoms with Crippen molar-refractivity contribution >= 4 is 11.3 Å². The van der Waals surface area contributed by atoms with Gasteiger partial charge in [0.25, 0.3) is 0 Å². The first-order chi connectivity index (χ1) is 8.31. The van der Waals surface area contributed by atoms with Crippen molar-refractivity contribution < 1.29 is 4.74 Å². The predicted octanol–water partition coefficient (Wildman–Crippen LogP) is 1.89. The maximum Gasteiger partial charge on any atom is 0.139 e. The van der Waals surface area contributed by atoms with Crippen LogP contribution in [-0.4, -0.2) is 22.6 Å². The molecule has 4 nitrogen and oxygen atoms in total. The number of nitrogens with two attached hydrogens (primary N) is 1. The fraction of sp³-hybridized carbons (Fsp3) is 0.462. The minimum absolute atomic E-state index is 0.617. The monoisotopic (exact) mass is 231 g/mol. The maximum atomic E-state index is 5.74. The molecule has 0 spiro atoms. The lowest BCUT2D eigenvalue weighted by molar-refractivity contribution is 0.0547. The van der Waals surface area contributed by atoms with Crippen LogP contribution >= 0.6 is 0 Å². The highest BCUT2D eigenvalue weighted by Gasteiger charge is 2.15. The van der Waals surface area contributed by atoms with Crippen LogP contribution in [0.25, 0.3) is 5.65 Å². The zero-order chi connectivity index (χ0) is 11.7. The van der Waals surface area contributed by atoms with Crippen LogP contribution in [0.5, 0.6) is 0 Å². The van der Waals surface area contributed by atoms with Crippen molar-refractivity contribution in [1.29, 1.82) is 0 Å². The van der Waals surface area contributed by atoms with Gasteiger partial charge in [-0.05, 0) is 31.2 Å². The summed E-state index contributed by atoms with van der Waals surface area (Å²) in [5, 5.41) is 0. The summed E-state index contributed by atoms with van der Waals surface area (Å²) < 4.78 is 7.52. The van der Waals surface area contributed by atoms with Gasteiger partial charge in [0.05, 0.1) is 5.69 Å². The summed E-state index contributed by atoms with van der Waals surface area (Å²) in [7, 11) is 0. The van der Waals surface area contributed by atoms with E-state index in [0.717, 1.165) is 36.7 Å². The van der Waals surface area contributed by atoms with E-state index in [1.165, 1.54) is 12.8 Å². The summed E-state index contributed by atoms with van der Waals surface area (Å²) in [6, 6.07) is 3.79. The van der Waals surface area contributed by atoms with Crippen LogP contribution in [0.15, 0.2) is 24.5 Å². The van der Waals surface area contributed by atoms with Crippen LogP contribution in [0.2, 0.25) is 0 Å². The van der Waals surface area contributed by atoms with Crippen LogP contribution in [-0.2, 0) is 11.2 Å². The van der Waals surface area contributed by atoms with Gasteiger partial charge in [-0.15, -0.1) is 0 Å². The lowest BCUT2D eigenvalue weighted by Gasteiger charge is -2.20. The zero-order valence-electron chi connectivity index (χ0n) is 9.80. The van der Waals surface area contributed by atoms with Gasteiger partial charge in [-0.2, -0.15) is 0 Å². The number of aromatic nitrogens is 2. The lowest BCUT2D eigenvalue weighted by atomic mass is 9.97. The van der Waals surface area contributed by atoms with Gasteiger partial charge in [-0.3, -0.25) is 0 Å². The van der Waals surface area contributed by atoms with Crippen molar-refractivity contribution in [2.24, 2.45) is 5.92 Å². The molecule has 0 aromatic carbocycles. The minimum atomic E-state index is 0.617. The van der Waals surface area contributed by atoms with E-state index in [4.69, 9.17) is 10.5 Å². The molecule has 1 atom stereocenters. The number of hydrogen-bond acceptors (Lipinski definition) is 3. The molecular formula is C13H17N3O. The summed E-state index contributed by atoms with van der Waals surface area (Å²) in [5.74, 6) is 0.617. The molecule has 2 aromatic rings. The van der Waals surface area contributed by atoms with Crippen molar-refractivity contribution in [3.05, 3.63) is 30.2 Å². The molecule has 0 bridgehead atoms. The number of anilines is 1. The Balaban J connectivity index is 1.80. The van der Waals surface area contributed by atoms with Gasteiger partial charge in [0.1, 0.15) is 5.65 Å². The first kappa shape index (κ1) is 10.6. The number of nitrogens with zero attached hydrogens (tertiary/aromatic N) is 2. The molecule has 1 aliphatic heterocycles. The Kier molecular flexibility index (Phi) is 2.73. The number of hydrogen-bond donors (Lipinski definition) is 1. The van der Waals surface area contributed by atoms with E-state index in [-0.39, 0.29) is 0 Å². The van der Waals surface area contributed by atoms with Gasteiger partial charge in [-0.25, -0.2) is 4.98 Å². The van der Waals surface area contributed by atoms with Crippen LogP contribution in [0.1, 0.15) is 18.5 Å². The Hall–Kier alpha value is -1.55. The highest BCUT2D eigenvalue weighted by atomic mass is 16.5. The third-order valence-corrected chi connectivity index (χ3v) is 3.29. The molecular weight excluding hydrogens is 214 g/mol. The average molecular weight is 231 g/mol. The molecule has 2 N–H and O–H groups in total. The average Bonchev–Trinajstić information content (AvgIpc) is 2.71. The van der Waals surface area contributed by atoms with Crippen LogP contribution < -0.4 is 5.73 Å². The smallest absolute Gasteiger partial charge is 0.139 e. The topological polar surface area (TPSA) is 52.5 Å². The van der Waals surface area contributed by atoms with Gasteiger partial charge in [0.15, 0.2) is 0 Å². The first-order valence-electron chi connectivity index (χ1n) is 6.12. The number of imidazole rings is 1. The van der Waals surface area contributed by atoms with Gasteiger partial charge >= 0.3 is 0 Å². The van der Waals surface area contributed by atoms with Gasteiger partial charge in [-0.1, -0.05) is 0 Å². The molecule has 1 aliphatic rings. The number of pyridine rings is 1. The lowest BCUT2D eigenvalue weighted by Crippen LogP contribution is -2.19. The Labute approximate surface area is 100 Å². The Morgan fingerprint density at radius 3 is 3.29 bits per heavy atom. The second kappa shape index (κ2) is 4.37. The minimum Gasteiger partial charge on any atom is -0.399 e. The van der Waals surface area contributed by atoms with E-state index in [9.17, 15) is 0 Å². The number of fused-ring (bicyclic) bond motifs is 1. The van der Waals surface area contributed by atoms with E-state index in [1.54, 1.807) is 0 Å². The SMILES string of the molecule is Nc1ccn2cc(CC3CCCOC3)nc2c1. The Morgan fingerprint density at radius 1 is 1.53 bits per heavy atom. The summed E-state index contributed by atoms with van der Waals surface area (Å²) in [4.78, 5) is 4.60. The molecule has 0 amide bonds. The first-order valence-corrected chi connectivity index (χ1v) is 6.12. The third-order valence-electron chi connectivity index (χ3n) is 3.29. The highest BCUT2D eigenvalue weighted by molar-refractivity contribution is 5.52. The molecule has 1 saturated heterocycles. The molecule has 1 unspecified atom stereocenters. The highest BCUT2D eigenvalue weighted by Crippen LogP contribution is 2.19. The summed E-state index contributed by atoms with van der Waals surface area (Å²) in [5.41, 5.74) is 8.56. The zero-order valence-corrected chi connectivity index (χ0v) is 9.80. The normalized spacial score (nSPS) is 20.8. The van der Waals surface area contributed by atoms with Crippen molar-refractivity contribution in [3.8, 4) is 0 Å². The molecule has 3 heterocycles. The largest absolute Gasteiger partial charge is 0.399 e. The van der Waals surface area contributed by atoms with Crippen molar-refractivity contribution in [1.82, 2.24) is 9.38 Å². The third kappa shape index (κ3) is 2.26. The predicted molar refractivity (Wildman–Crippen MR) is 66.9 cm³/mol. The number of rotatable bonds is 2. The summed E-state index contributed by atoms with van der Waals surface area (Å²) >= 11 is 0. The van der Waals surface area contributed by atoms with Gasteiger partial charge in [0, 0.05) is 37.4 Å². The van der Waals surface area contributed by atoms with Gasteiger partial charge < -0.3 is 14.9 Å². The molecule has 1 fully saturated rings. The molecule has 2 aromatic heterocycles. The van der Waals surface area contributed by atoms with E-state index in [1.807, 2.05) is 22.7 Å². The molecule has 17 heavy (non-hydrogen) atoms. The molecule has 4 heteroatoms. The second-order valence-corrected chi connectivity index (χ2v) is 4.75. The molecule has 0 aliphatic carbocycles. The van der Waals surface area contributed by atoms with Crippen molar-refractivity contribution in [2.45, 2.75) is 19.3 Å². The fourth-order valence-corrected chi connectivity index (χ4v) is 2.41. The standard InChI is InChI=1S/C13H17N3O/c14-11-3-4-16-8-12(15-13(16)7-11)6-10-2-1-5-17-9-10/h3-4,7-8,10H,1-2,5-6,9,14H2. The van der Waals surface area contributed by atoms with E-state index in [2.05, 4.69) is 11.2 Å². The number of ether oxygens (including phenoxy) is 1.